The highest BCUT2D eigenvalue weighted by Crippen LogP contribution is 2.40. The maximum atomic E-state index is 12.3. The van der Waals surface area contributed by atoms with E-state index in [1.54, 1.807) is 7.11 Å². The van der Waals surface area contributed by atoms with Gasteiger partial charge in [-0.3, -0.25) is 0 Å². The van der Waals surface area contributed by atoms with Crippen LogP contribution in [0, 0.1) is 6.92 Å². The van der Waals surface area contributed by atoms with Crippen LogP contribution in [-0.4, -0.2) is 18.0 Å². The van der Waals surface area contributed by atoms with Crippen LogP contribution >= 0.6 is 0 Å². The van der Waals surface area contributed by atoms with Gasteiger partial charge in [0.2, 0.25) is 0 Å². The van der Waals surface area contributed by atoms with Crippen molar-refractivity contribution < 1.29 is 9.53 Å². The minimum Gasteiger partial charge on any atom is -0.364 e. The van der Waals surface area contributed by atoms with Gasteiger partial charge >= 0.3 is 0 Å². The van der Waals surface area contributed by atoms with Crippen LogP contribution in [0.1, 0.15) is 22.6 Å². The van der Waals surface area contributed by atoms with E-state index < -0.39 is 0 Å². The molecule has 0 amide bonds. The van der Waals surface area contributed by atoms with Crippen LogP contribution in [0.3, 0.4) is 0 Å². The maximum Gasteiger partial charge on any atom is 0.131 e. The second-order valence-corrected chi connectivity index (χ2v) is 7.02. The Bertz CT molecular complexity index is 1100. The first-order valence-corrected chi connectivity index (χ1v) is 9.42. The average Bonchev–Trinajstić information content (AvgIpc) is 3.04. The minimum absolute atomic E-state index is 0.347. The summed E-state index contributed by atoms with van der Waals surface area (Å²) >= 11 is 0. The van der Waals surface area contributed by atoms with E-state index in [1.807, 2.05) is 48.5 Å². The molecule has 0 spiro atoms. The van der Waals surface area contributed by atoms with Crippen molar-refractivity contribution in [3.05, 3.63) is 95.6 Å². The molecule has 1 aromatic heterocycles. The quantitative estimate of drug-likeness (QED) is 0.417. The standard InChI is InChI=1S/C25H23NO2/c1-18-13-14-21-23(15-18)26(17-28-2)25(20-11-7-4-8-12-20)24(21)22(16-27)19-9-5-3-6-10-19/h3-16,22H,17H2,1-2H3. The first-order valence-electron chi connectivity index (χ1n) is 9.42. The molecule has 4 rings (SSSR count). The van der Waals surface area contributed by atoms with Crippen molar-refractivity contribution in [1.29, 1.82) is 0 Å². The zero-order valence-corrected chi connectivity index (χ0v) is 16.1. The van der Waals surface area contributed by atoms with Gasteiger partial charge in [-0.1, -0.05) is 72.8 Å². The normalized spacial score (nSPS) is 12.2. The number of rotatable bonds is 6. The summed E-state index contributed by atoms with van der Waals surface area (Å²) in [6.45, 7) is 2.50. The monoisotopic (exact) mass is 369 g/mol. The number of hydrogen-bond acceptors (Lipinski definition) is 2. The van der Waals surface area contributed by atoms with Crippen molar-refractivity contribution in [2.45, 2.75) is 19.6 Å². The molecule has 0 radical (unpaired) electrons. The van der Waals surface area contributed by atoms with E-state index in [2.05, 4.69) is 41.8 Å². The van der Waals surface area contributed by atoms with Crippen molar-refractivity contribution in [1.82, 2.24) is 4.57 Å². The number of aldehydes is 1. The molecule has 0 fully saturated rings. The summed E-state index contributed by atoms with van der Waals surface area (Å²) in [4.78, 5) is 12.3. The Labute approximate surface area is 165 Å². The molecule has 0 N–H and O–H groups in total. The second kappa shape index (κ2) is 7.83. The third-order valence-corrected chi connectivity index (χ3v) is 5.17. The molecule has 1 atom stereocenters. The summed E-state index contributed by atoms with van der Waals surface area (Å²) < 4.78 is 7.72. The summed E-state index contributed by atoms with van der Waals surface area (Å²) in [7, 11) is 1.70. The molecule has 28 heavy (non-hydrogen) atoms. The zero-order valence-electron chi connectivity index (χ0n) is 16.1. The number of fused-ring (bicyclic) bond motifs is 1. The number of carbonyl (C=O) groups is 1. The SMILES string of the molecule is COCn1c(-c2ccccc2)c(C(C=O)c2ccccc2)c2ccc(C)cc21. The van der Waals surface area contributed by atoms with Crippen LogP contribution in [0.15, 0.2) is 78.9 Å². The van der Waals surface area contributed by atoms with Crippen molar-refractivity contribution in [3.63, 3.8) is 0 Å². The molecule has 3 heteroatoms. The Morgan fingerprint density at radius 3 is 2.29 bits per heavy atom. The van der Waals surface area contributed by atoms with Gasteiger partial charge in [-0.15, -0.1) is 0 Å². The number of aryl methyl sites for hydroxylation is 1. The summed E-state index contributed by atoms with van der Waals surface area (Å²) in [6, 6.07) is 26.6. The fourth-order valence-corrected chi connectivity index (χ4v) is 3.95. The lowest BCUT2D eigenvalue weighted by Crippen LogP contribution is -2.07. The lowest BCUT2D eigenvalue weighted by molar-refractivity contribution is -0.108. The highest BCUT2D eigenvalue weighted by molar-refractivity contribution is 5.96. The molecule has 0 aliphatic heterocycles. The molecule has 0 bridgehead atoms. The third-order valence-electron chi connectivity index (χ3n) is 5.17. The predicted octanol–water partition coefficient (Wildman–Crippen LogP) is 5.55. The number of nitrogens with zero attached hydrogens (tertiary/aromatic N) is 1. The van der Waals surface area contributed by atoms with Crippen LogP contribution in [-0.2, 0) is 16.3 Å². The Kier molecular flexibility index (Phi) is 5.09. The van der Waals surface area contributed by atoms with E-state index in [4.69, 9.17) is 4.74 Å². The van der Waals surface area contributed by atoms with E-state index in [-0.39, 0.29) is 5.92 Å². The Balaban J connectivity index is 2.10. The largest absolute Gasteiger partial charge is 0.364 e. The van der Waals surface area contributed by atoms with Gasteiger partial charge in [-0.05, 0) is 29.7 Å². The smallest absolute Gasteiger partial charge is 0.131 e. The Hall–Kier alpha value is -3.17. The van der Waals surface area contributed by atoms with Gasteiger partial charge in [-0.25, -0.2) is 0 Å². The molecule has 0 saturated heterocycles. The number of hydrogen-bond donors (Lipinski definition) is 0. The lowest BCUT2D eigenvalue weighted by Gasteiger charge is -2.16. The topological polar surface area (TPSA) is 31.2 Å². The van der Waals surface area contributed by atoms with Crippen LogP contribution < -0.4 is 0 Å². The molecule has 3 nitrogen and oxygen atoms in total. The number of ether oxygens (including phenoxy) is 1. The molecule has 140 valence electrons. The van der Waals surface area contributed by atoms with Crippen LogP contribution in [0.2, 0.25) is 0 Å². The minimum atomic E-state index is -0.347. The fraction of sp³-hybridized carbons (Fsp3) is 0.160. The predicted molar refractivity (Wildman–Crippen MR) is 113 cm³/mol. The van der Waals surface area contributed by atoms with E-state index in [0.717, 1.165) is 39.6 Å². The van der Waals surface area contributed by atoms with Gasteiger partial charge in [0.15, 0.2) is 0 Å². The molecule has 0 aliphatic rings. The fourth-order valence-electron chi connectivity index (χ4n) is 3.95. The van der Waals surface area contributed by atoms with Crippen molar-refractivity contribution >= 4 is 17.2 Å². The first-order chi connectivity index (χ1) is 13.7. The van der Waals surface area contributed by atoms with E-state index in [9.17, 15) is 4.79 Å². The number of aromatic nitrogens is 1. The third kappa shape index (κ3) is 3.14. The maximum absolute atomic E-state index is 12.3. The molecule has 1 heterocycles. The van der Waals surface area contributed by atoms with Crippen molar-refractivity contribution in [2.75, 3.05) is 7.11 Å². The highest BCUT2D eigenvalue weighted by Gasteiger charge is 2.26. The van der Waals surface area contributed by atoms with Gasteiger partial charge in [0, 0.05) is 18.1 Å². The molecular weight excluding hydrogens is 346 g/mol. The first kappa shape index (κ1) is 18.2. The number of benzene rings is 3. The molecule has 3 aromatic carbocycles. The van der Waals surface area contributed by atoms with Gasteiger partial charge in [-0.2, -0.15) is 0 Å². The van der Waals surface area contributed by atoms with E-state index in [0.29, 0.717) is 6.73 Å². The molecule has 0 aliphatic carbocycles. The molecule has 4 aromatic rings. The average molecular weight is 369 g/mol. The highest BCUT2D eigenvalue weighted by atomic mass is 16.5. The molecule has 1 unspecified atom stereocenters. The summed E-state index contributed by atoms with van der Waals surface area (Å²) in [6.07, 6.45) is 1.05. The van der Waals surface area contributed by atoms with Crippen LogP contribution in [0.4, 0.5) is 0 Å². The summed E-state index contributed by atoms with van der Waals surface area (Å²) in [5, 5.41) is 1.09. The number of carbonyl (C=O) groups excluding carboxylic acids is 1. The lowest BCUT2D eigenvalue weighted by atomic mass is 9.88. The molecule has 0 saturated carbocycles. The Morgan fingerprint density at radius 1 is 0.964 bits per heavy atom. The van der Waals surface area contributed by atoms with Gasteiger partial charge in [0.25, 0.3) is 0 Å². The van der Waals surface area contributed by atoms with E-state index >= 15 is 0 Å². The van der Waals surface area contributed by atoms with Gasteiger partial charge in [0.1, 0.15) is 13.0 Å². The summed E-state index contributed by atoms with van der Waals surface area (Å²) in [5.74, 6) is -0.347. The Morgan fingerprint density at radius 2 is 1.64 bits per heavy atom. The molecular formula is C25H23NO2. The van der Waals surface area contributed by atoms with Gasteiger partial charge < -0.3 is 14.1 Å². The van der Waals surface area contributed by atoms with Crippen LogP contribution in [0.5, 0.6) is 0 Å². The van der Waals surface area contributed by atoms with Crippen molar-refractivity contribution in [3.8, 4) is 11.3 Å². The summed E-state index contributed by atoms with van der Waals surface area (Å²) in [5.41, 5.74) is 6.38. The zero-order chi connectivity index (χ0) is 19.5. The number of methoxy groups -OCH3 is 1. The van der Waals surface area contributed by atoms with Crippen LogP contribution in [0.25, 0.3) is 22.2 Å². The second-order valence-electron chi connectivity index (χ2n) is 7.02. The van der Waals surface area contributed by atoms with E-state index in [1.165, 1.54) is 5.56 Å². The van der Waals surface area contributed by atoms with Gasteiger partial charge in [0.05, 0.1) is 17.1 Å². The van der Waals surface area contributed by atoms with Crippen molar-refractivity contribution in [2.24, 2.45) is 0 Å².